The molecule has 0 atom stereocenters. The minimum atomic E-state index is 0.114. The first-order valence-corrected chi connectivity index (χ1v) is 5.87. The van der Waals surface area contributed by atoms with E-state index in [2.05, 4.69) is 11.6 Å². The highest BCUT2D eigenvalue weighted by Crippen LogP contribution is 2.12. The summed E-state index contributed by atoms with van der Waals surface area (Å²) >= 11 is 0. The average molecular weight is 240 g/mol. The van der Waals surface area contributed by atoms with Crippen molar-refractivity contribution in [1.82, 2.24) is 9.55 Å². The summed E-state index contributed by atoms with van der Waals surface area (Å²) < 4.78 is 1.94. The lowest BCUT2D eigenvalue weighted by Gasteiger charge is -2.06. The van der Waals surface area contributed by atoms with Gasteiger partial charge in [0.05, 0.1) is 6.33 Å². The molecule has 2 aromatic rings. The minimum Gasteiger partial charge on any atom is -0.337 e. The van der Waals surface area contributed by atoms with Crippen LogP contribution in [-0.2, 0) is 13.5 Å². The molecule has 0 saturated carbocycles. The molecule has 1 aromatic heterocycles. The van der Waals surface area contributed by atoms with Crippen molar-refractivity contribution in [2.45, 2.75) is 12.8 Å². The second-order valence-corrected chi connectivity index (χ2v) is 4.39. The Balaban J connectivity index is 1.96. The van der Waals surface area contributed by atoms with E-state index in [4.69, 9.17) is 0 Å². The molecule has 1 heterocycles. The maximum Gasteiger partial charge on any atom is 0.166 e. The molecule has 0 amide bonds. The van der Waals surface area contributed by atoms with Crippen LogP contribution < -0.4 is 0 Å². The summed E-state index contributed by atoms with van der Waals surface area (Å²) in [6.45, 7) is 3.97. The van der Waals surface area contributed by atoms with Crippen molar-refractivity contribution < 1.29 is 4.79 Å². The number of rotatable bonds is 5. The van der Waals surface area contributed by atoms with Gasteiger partial charge in [0.15, 0.2) is 5.78 Å². The van der Waals surface area contributed by atoms with Crippen molar-refractivity contribution in [1.29, 1.82) is 0 Å². The van der Waals surface area contributed by atoms with Gasteiger partial charge in [-0.15, -0.1) is 0 Å². The normalized spacial score (nSPS) is 10.3. The van der Waals surface area contributed by atoms with Crippen molar-refractivity contribution in [2.24, 2.45) is 7.05 Å². The molecule has 18 heavy (non-hydrogen) atoms. The first-order chi connectivity index (χ1) is 8.66. The van der Waals surface area contributed by atoms with E-state index in [9.17, 15) is 4.79 Å². The minimum absolute atomic E-state index is 0.114. The molecule has 2 rings (SSSR count). The van der Waals surface area contributed by atoms with E-state index in [-0.39, 0.29) is 5.78 Å². The number of imidazole rings is 1. The summed E-state index contributed by atoms with van der Waals surface area (Å²) in [7, 11) is 1.94. The number of Topliss-reactive ketones (excluding diaryl/α,β-unsaturated/α-hetero) is 1. The molecule has 0 aliphatic carbocycles. The van der Waals surface area contributed by atoms with Crippen LogP contribution in [0.2, 0.25) is 0 Å². The molecule has 0 fully saturated rings. The Kier molecular flexibility index (Phi) is 3.72. The topological polar surface area (TPSA) is 34.9 Å². The summed E-state index contributed by atoms with van der Waals surface area (Å²) in [6, 6.07) is 9.31. The van der Waals surface area contributed by atoms with Gasteiger partial charge in [0.25, 0.3) is 0 Å². The van der Waals surface area contributed by atoms with Gasteiger partial charge in [-0.25, -0.2) is 4.98 Å². The Morgan fingerprint density at radius 2 is 2.06 bits per heavy atom. The second-order valence-electron chi connectivity index (χ2n) is 4.39. The highest BCUT2D eigenvalue weighted by molar-refractivity contribution is 5.97. The van der Waals surface area contributed by atoms with E-state index >= 15 is 0 Å². The fraction of sp³-hybridized carbons (Fsp3) is 0.200. The number of allylic oxidation sites excluding steroid dienone is 1. The quantitative estimate of drug-likeness (QED) is 0.595. The molecule has 0 N–H and O–H groups in total. The van der Waals surface area contributed by atoms with Gasteiger partial charge in [0.1, 0.15) is 0 Å². The van der Waals surface area contributed by atoms with E-state index in [0.29, 0.717) is 12.8 Å². The Morgan fingerprint density at radius 3 is 2.67 bits per heavy atom. The lowest BCUT2D eigenvalue weighted by Crippen LogP contribution is -2.03. The number of aryl methyl sites for hydroxylation is 1. The van der Waals surface area contributed by atoms with Gasteiger partial charge in [-0.1, -0.05) is 42.5 Å². The Hall–Kier alpha value is -2.16. The number of hydrogen-bond acceptors (Lipinski definition) is 2. The number of carbonyl (C=O) groups excluding carboxylic acids is 1. The third-order valence-electron chi connectivity index (χ3n) is 2.85. The number of carbonyl (C=O) groups is 1. The van der Waals surface area contributed by atoms with Crippen LogP contribution in [0.1, 0.15) is 22.5 Å². The first kappa shape index (κ1) is 12.3. The lowest BCUT2D eigenvalue weighted by molar-refractivity contribution is 0.0992. The smallest absolute Gasteiger partial charge is 0.166 e. The summed E-state index contributed by atoms with van der Waals surface area (Å²) in [5, 5.41) is 0. The fourth-order valence-corrected chi connectivity index (χ4v) is 1.83. The van der Waals surface area contributed by atoms with E-state index in [1.165, 1.54) is 0 Å². The maximum absolute atomic E-state index is 12.0. The van der Waals surface area contributed by atoms with Crippen LogP contribution in [0.3, 0.4) is 0 Å². The first-order valence-electron chi connectivity index (χ1n) is 5.87. The van der Waals surface area contributed by atoms with Gasteiger partial charge in [-0.3, -0.25) is 4.79 Å². The number of hydrogen-bond donors (Lipinski definition) is 0. The van der Waals surface area contributed by atoms with Crippen LogP contribution in [0, 0.1) is 0 Å². The zero-order valence-corrected chi connectivity index (χ0v) is 10.5. The fourth-order valence-electron chi connectivity index (χ4n) is 1.83. The van der Waals surface area contributed by atoms with E-state index in [0.717, 1.165) is 16.8 Å². The standard InChI is InChI=1S/C15H16N2O/c1-12(8-14-10-16-11-17(14)2)9-15(18)13-6-4-3-5-7-13/h3-7,10-11H,1,8-9H2,2H3. The number of ketones is 1. The molecule has 0 saturated heterocycles. The predicted molar refractivity (Wildman–Crippen MR) is 71.4 cm³/mol. The van der Waals surface area contributed by atoms with E-state index < -0.39 is 0 Å². The monoisotopic (exact) mass is 240 g/mol. The molecular formula is C15H16N2O. The summed E-state index contributed by atoms with van der Waals surface area (Å²) in [5.41, 5.74) is 2.72. The molecule has 1 aromatic carbocycles. The molecular weight excluding hydrogens is 224 g/mol. The van der Waals surface area contributed by atoms with Crippen LogP contribution in [0.15, 0.2) is 55.0 Å². The van der Waals surface area contributed by atoms with Gasteiger partial charge in [0, 0.05) is 37.3 Å². The number of aromatic nitrogens is 2. The summed E-state index contributed by atoms with van der Waals surface area (Å²) in [4.78, 5) is 16.0. The maximum atomic E-state index is 12.0. The molecule has 0 unspecified atom stereocenters. The molecule has 3 nitrogen and oxygen atoms in total. The van der Waals surface area contributed by atoms with Crippen molar-refractivity contribution in [3.8, 4) is 0 Å². The molecule has 0 aliphatic rings. The predicted octanol–water partition coefficient (Wildman–Crippen LogP) is 2.79. The van der Waals surface area contributed by atoms with E-state index in [1.807, 2.05) is 41.9 Å². The lowest BCUT2D eigenvalue weighted by atomic mass is 10.0. The Labute approximate surface area is 107 Å². The highest BCUT2D eigenvalue weighted by atomic mass is 16.1. The molecule has 0 aliphatic heterocycles. The van der Waals surface area contributed by atoms with Crippen molar-refractivity contribution in [3.63, 3.8) is 0 Å². The van der Waals surface area contributed by atoms with Gasteiger partial charge < -0.3 is 4.57 Å². The van der Waals surface area contributed by atoms with Gasteiger partial charge in [-0.05, 0) is 0 Å². The van der Waals surface area contributed by atoms with Crippen LogP contribution in [0.5, 0.6) is 0 Å². The third-order valence-corrected chi connectivity index (χ3v) is 2.85. The van der Waals surface area contributed by atoms with Crippen LogP contribution in [0.25, 0.3) is 0 Å². The highest BCUT2D eigenvalue weighted by Gasteiger charge is 2.09. The molecule has 0 bridgehead atoms. The van der Waals surface area contributed by atoms with Crippen LogP contribution in [0.4, 0.5) is 0 Å². The van der Waals surface area contributed by atoms with Gasteiger partial charge in [0.2, 0.25) is 0 Å². The summed E-state index contributed by atoms with van der Waals surface area (Å²) in [6.07, 6.45) is 4.63. The SMILES string of the molecule is C=C(CC(=O)c1ccccc1)Cc1cncn1C. The van der Waals surface area contributed by atoms with Crippen molar-refractivity contribution >= 4 is 5.78 Å². The zero-order valence-electron chi connectivity index (χ0n) is 10.5. The largest absolute Gasteiger partial charge is 0.337 e. The molecule has 3 heteroatoms. The van der Waals surface area contributed by atoms with Crippen LogP contribution >= 0.6 is 0 Å². The molecule has 0 spiro atoms. The van der Waals surface area contributed by atoms with Crippen LogP contribution in [-0.4, -0.2) is 15.3 Å². The molecule has 92 valence electrons. The van der Waals surface area contributed by atoms with Gasteiger partial charge in [-0.2, -0.15) is 0 Å². The third kappa shape index (κ3) is 2.94. The average Bonchev–Trinajstić information content (AvgIpc) is 2.76. The Morgan fingerprint density at radius 1 is 1.33 bits per heavy atom. The second kappa shape index (κ2) is 5.45. The number of benzene rings is 1. The number of nitrogens with zero attached hydrogens (tertiary/aromatic N) is 2. The van der Waals surface area contributed by atoms with Gasteiger partial charge >= 0.3 is 0 Å². The van der Waals surface area contributed by atoms with Crippen molar-refractivity contribution in [3.05, 3.63) is 66.3 Å². The van der Waals surface area contributed by atoms with Crippen molar-refractivity contribution in [2.75, 3.05) is 0 Å². The Bertz CT molecular complexity index is 555. The zero-order chi connectivity index (χ0) is 13.0. The molecule has 0 radical (unpaired) electrons. The summed E-state index contributed by atoms with van der Waals surface area (Å²) in [5.74, 6) is 0.114. The van der Waals surface area contributed by atoms with E-state index in [1.54, 1.807) is 12.5 Å².